The van der Waals surface area contributed by atoms with E-state index in [2.05, 4.69) is 39.5 Å². The van der Waals surface area contributed by atoms with E-state index in [4.69, 9.17) is 0 Å². The summed E-state index contributed by atoms with van der Waals surface area (Å²) in [6.07, 6.45) is 2.74. The van der Waals surface area contributed by atoms with E-state index >= 15 is 0 Å². The van der Waals surface area contributed by atoms with Crippen LogP contribution in [0.15, 0.2) is 0 Å². The molecule has 0 saturated carbocycles. The molecule has 1 aliphatic rings. The van der Waals surface area contributed by atoms with Crippen molar-refractivity contribution in [2.24, 2.45) is 5.92 Å². The summed E-state index contributed by atoms with van der Waals surface area (Å²) >= 11 is 0. The third-order valence-electron chi connectivity index (χ3n) is 3.10. The third kappa shape index (κ3) is 2.01. The van der Waals surface area contributed by atoms with E-state index < -0.39 is 0 Å². The highest BCUT2D eigenvalue weighted by Crippen LogP contribution is 2.31. The van der Waals surface area contributed by atoms with Crippen molar-refractivity contribution in [1.82, 2.24) is 4.90 Å². The lowest BCUT2D eigenvalue weighted by Crippen LogP contribution is -2.43. The van der Waals surface area contributed by atoms with Crippen LogP contribution in [0.2, 0.25) is 0 Å². The second-order valence-electron chi connectivity index (χ2n) is 5.18. The molecule has 0 spiro atoms. The zero-order chi connectivity index (χ0) is 9.35. The molecule has 1 aliphatic heterocycles. The number of likely N-dealkylation sites (tertiary alicyclic amines) is 1. The highest BCUT2D eigenvalue weighted by atomic mass is 15.2. The summed E-state index contributed by atoms with van der Waals surface area (Å²) in [5, 5.41) is 0. The van der Waals surface area contributed by atoms with Crippen LogP contribution in [0.25, 0.3) is 0 Å². The maximum atomic E-state index is 2.64. The summed E-state index contributed by atoms with van der Waals surface area (Å²) in [4.78, 5) is 2.64. The van der Waals surface area contributed by atoms with Gasteiger partial charge in [-0.1, -0.05) is 13.3 Å². The Labute approximate surface area is 77.1 Å². The van der Waals surface area contributed by atoms with Crippen molar-refractivity contribution in [3.63, 3.8) is 0 Å². The molecule has 72 valence electrons. The van der Waals surface area contributed by atoms with Gasteiger partial charge in [0, 0.05) is 18.1 Å². The monoisotopic (exact) mass is 169 g/mol. The van der Waals surface area contributed by atoms with Gasteiger partial charge in [0.1, 0.15) is 0 Å². The molecule has 0 radical (unpaired) electrons. The fourth-order valence-corrected chi connectivity index (χ4v) is 2.37. The Morgan fingerprint density at radius 3 is 2.17 bits per heavy atom. The van der Waals surface area contributed by atoms with Crippen LogP contribution in [0.3, 0.4) is 0 Å². The Hall–Kier alpha value is -0.0400. The minimum atomic E-state index is 0.364. The minimum Gasteiger partial charge on any atom is -0.296 e. The second kappa shape index (κ2) is 3.37. The molecule has 1 unspecified atom stereocenters. The van der Waals surface area contributed by atoms with Gasteiger partial charge in [0.05, 0.1) is 0 Å². The first-order valence-corrected chi connectivity index (χ1v) is 5.22. The first kappa shape index (κ1) is 10.0. The van der Waals surface area contributed by atoms with Crippen LogP contribution in [0.5, 0.6) is 0 Å². The minimum absolute atomic E-state index is 0.364. The van der Waals surface area contributed by atoms with Gasteiger partial charge >= 0.3 is 0 Å². The van der Waals surface area contributed by atoms with Crippen LogP contribution in [0.4, 0.5) is 0 Å². The quantitative estimate of drug-likeness (QED) is 0.583. The van der Waals surface area contributed by atoms with Gasteiger partial charge in [0.25, 0.3) is 0 Å². The summed E-state index contributed by atoms with van der Waals surface area (Å²) < 4.78 is 0. The first-order chi connectivity index (χ1) is 5.45. The van der Waals surface area contributed by atoms with Crippen molar-refractivity contribution < 1.29 is 0 Å². The Morgan fingerprint density at radius 2 is 1.92 bits per heavy atom. The Balaban J connectivity index is 2.58. The molecule has 0 amide bonds. The van der Waals surface area contributed by atoms with Crippen LogP contribution in [-0.4, -0.2) is 23.0 Å². The van der Waals surface area contributed by atoms with E-state index in [0.29, 0.717) is 5.54 Å². The summed E-state index contributed by atoms with van der Waals surface area (Å²) in [7, 11) is 0. The van der Waals surface area contributed by atoms with Gasteiger partial charge in [-0.05, 0) is 40.0 Å². The molecular weight excluding hydrogens is 146 g/mol. The molecule has 12 heavy (non-hydrogen) atoms. The summed E-state index contributed by atoms with van der Waals surface area (Å²) in [6, 6.07) is 0.787. The Kier molecular flexibility index (Phi) is 2.82. The molecule has 1 heteroatoms. The van der Waals surface area contributed by atoms with Crippen molar-refractivity contribution >= 4 is 0 Å². The predicted molar refractivity (Wildman–Crippen MR) is 54.3 cm³/mol. The van der Waals surface area contributed by atoms with Gasteiger partial charge in [-0.15, -0.1) is 0 Å². The van der Waals surface area contributed by atoms with Crippen LogP contribution in [-0.2, 0) is 0 Å². The molecular formula is C11H23N. The molecule has 1 nitrogen and oxygen atoms in total. The smallest absolute Gasteiger partial charge is 0.0127 e. The van der Waals surface area contributed by atoms with Gasteiger partial charge in [0.15, 0.2) is 0 Å². The van der Waals surface area contributed by atoms with E-state index in [1.54, 1.807) is 0 Å². The third-order valence-corrected chi connectivity index (χ3v) is 3.10. The molecule has 1 fully saturated rings. The molecule has 1 rings (SSSR count). The first-order valence-electron chi connectivity index (χ1n) is 5.22. The lowest BCUT2D eigenvalue weighted by Gasteiger charge is -2.35. The van der Waals surface area contributed by atoms with E-state index in [1.807, 2.05) is 0 Å². The standard InChI is InChI=1S/C11H23N/c1-6-10-7-9(2)12(8-10)11(3,4)5/h9-10H,6-8H2,1-5H3/t9-,10?/m0/s1. The van der Waals surface area contributed by atoms with Crippen molar-refractivity contribution in [2.75, 3.05) is 6.54 Å². The van der Waals surface area contributed by atoms with E-state index in [9.17, 15) is 0 Å². The number of nitrogens with zero attached hydrogens (tertiary/aromatic N) is 1. The van der Waals surface area contributed by atoms with Gasteiger partial charge in [-0.3, -0.25) is 4.90 Å². The van der Waals surface area contributed by atoms with Crippen molar-refractivity contribution in [2.45, 2.75) is 59.0 Å². The maximum Gasteiger partial charge on any atom is 0.0127 e. The van der Waals surface area contributed by atoms with Gasteiger partial charge in [-0.25, -0.2) is 0 Å². The van der Waals surface area contributed by atoms with E-state index in [0.717, 1.165) is 12.0 Å². The lowest BCUT2D eigenvalue weighted by molar-refractivity contribution is 0.127. The zero-order valence-corrected chi connectivity index (χ0v) is 9.22. The summed E-state index contributed by atoms with van der Waals surface area (Å²) in [5.41, 5.74) is 0.364. The molecule has 0 bridgehead atoms. The molecule has 0 aromatic rings. The summed E-state index contributed by atoms with van der Waals surface area (Å²) in [6.45, 7) is 12.9. The molecule has 0 aliphatic carbocycles. The van der Waals surface area contributed by atoms with E-state index in [1.165, 1.54) is 19.4 Å². The van der Waals surface area contributed by atoms with E-state index in [-0.39, 0.29) is 0 Å². The topological polar surface area (TPSA) is 3.24 Å². The lowest BCUT2D eigenvalue weighted by atomic mass is 10.0. The van der Waals surface area contributed by atoms with Crippen molar-refractivity contribution in [3.8, 4) is 0 Å². The van der Waals surface area contributed by atoms with Gasteiger partial charge in [-0.2, -0.15) is 0 Å². The average Bonchev–Trinajstić information content (AvgIpc) is 2.29. The Morgan fingerprint density at radius 1 is 1.33 bits per heavy atom. The highest BCUT2D eigenvalue weighted by molar-refractivity contribution is 4.89. The van der Waals surface area contributed by atoms with Crippen molar-refractivity contribution in [3.05, 3.63) is 0 Å². The average molecular weight is 169 g/mol. The number of hydrogen-bond donors (Lipinski definition) is 0. The fourth-order valence-electron chi connectivity index (χ4n) is 2.37. The van der Waals surface area contributed by atoms with Crippen LogP contribution >= 0.6 is 0 Å². The second-order valence-corrected chi connectivity index (χ2v) is 5.18. The normalized spacial score (nSPS) is 32.8. The predicted octanol–water partition coefficient (Wildman–Crippen LogP) is 2.91. The molecule has 0 N–H and O–H groups in total. The van der Waals surface area contributed by atoms with Crippen LogP contribution in [0.1, 0.15) is 47.5 Å². The molecule has 0 aromatic carbocycles. The van der Waals surface area contributed by atoms with Gasteiger partial charge < -0.3 is 0 Å². The molecule has 1 heterocycles. The van der Waals surface area contributed by atoms with Gasteiger partial charge in [0.2, 0.25) is 0 Å². The summed E-state index contributed by atoms with van der Waals surface area (Å²) in [5.74, 6) is 0.944. The fraction of sp³-hybridized carbons (Fsp3) is 1.00. The SMILES string of the molecule is CCC1C[C@H](C)N(C(C)(C)C)C1. The van der Waals surface area contributed by atoms with Crippen LogP contribution in [0, 0.1) is 5.92 Å². The molecule has 1 saturated heterocycles. The molecule has 0 aromatic heterocycles. The maximum absolute atomic E-state index is 2.64. The highest BCUT2D eigenvalue weighted by Gasteiger charge is 2.34. The van der Waals surface area contributed by atoms with Crippen LogP contribution < -0.4 is 0 Å². The Bertz CT molecular complexity index is 146. The largest absolute Gasteiger partial charge is 0.296 e. The van der Waals surface area contributed by atoms with Crippen molar-refractivity contribution in [1.29, 1.82) is 0 Å². The zero-order valence-electron chi connectivity index (χ0n) is 9.22. The number of rotatable bonds is 1. The number of hydrogen-bond acceptors (Lipinski definition) is 1. The molecule has 2 atom stereocenters.